The molecule has 0 amide bonds. The molecule has 2 aromatic rings. The zero-order valence-electron chi connectivity index (χ0n) is 17.6. The van der Waals surface area contributed by atoms with Crippen molar-refractivity contribution < 1.29 is 19.7 Å². The molecule has 1 aliphatic heterocycles. The minimum absolute atomic E-state index is 0. The summed E-state index contributed by atoms with van der Waals surface area (Å²) in [6.07, 6.45) is 6.55. The number of rotatable bonds is 1. The number of ketones is 1. The van der Waals surface area contributed by atoms with Gasteiger partial charge in [-0.3, -0.25) is 9.78 Å². The van der Waals surface area contributed by atoms with Gasteiger partial charge in [-0.05, 0) is 24.3 Å². The SMILES string of the molecule is N.O=C1/C(=C/c2ccccn2)Oc2ccccc21.OC#CC#CC#CC#CC#CC#CC#CO. The minimum Gasteiger partial charge on any atom is -0.461 e. The smallest absolute Gasteiger partial charge is 0.232 e. The average molecular weight is 442 g/mol. The lowest BCUT2D eigenvalue weighted by atomic mass is 10.1. The number of hydrogen-bond acceptors (Lipinski definition) is 6. The third-order valence-corrected chi connectivity index (χ3v) is 3.34. The number of aliphatic hydroxyl groups is 2. The molecule has 0 spiro atoms. The van der Waals surface area contributed by atoms with E-state index < -0.39 is 0 Å². The van der Waals surface area contributed by atoms with Crippen LogP contribution < -0.4 is 10.9 Å². The summed E-state index contributed by atoms with van der Waals surface area (Å²) >= 11 is 0. The highest BCUT2D eigenvalue weighted by Gasteiger charge is 2.26. The summed E-state index contributed by atoms with van der Waals surface area (Å²) in [5.74, 6) is 28.6. The quantitative estimate of drug-likeness (QED) is 0.462. The fourth-order valence-corrected chi connectivity index (χ4v) is 2.10. The summed E-state index contributed by atoms with van der Waals surface area (Å²) in [6.45, 7) is 0. The molecule has 0 unspecified atom stereocenters. The molecule has 0 atom stereocenters. The van der Waals surface area contributed by atoms with Gasteiger partial charge in [0.15, 0.2) is 5.76 Å². The van der Waals surface area contributed by atoms with Gasteiger partial charge >= 0.3 is 0 Å². The summed E-state index contributed by atoms with van der Waals surface area (Å²) in [4.78, 5) is 16.1. The number of allylic oxidation sites excluding steroid dienone is 1. The van der Waals surface area contributed by atoms with Gasteiger partial charge in [0.05, 0.1) is 11.3 Å². The van der Waals surface area contributed by atoms with Crippen molar-refractivity contribution >= 4 is 11.9 Å². The first-order valence-electron chi connectivity index (χ1n) is 8.98. The molecular weight excluding hydrogens is 428 g/mol. The third kappa shape index (κ3) is 9.25. The first-order chi connectivity index (χ1) is 16.3. The Kier molecular flexibility index (Phi) is 12.2. The van der Waals surface area contributed by atoms with E-state index in [1.807, 2.05) is 30.3 Å². The van der Waals surface area contributed by atoms with Gasteiger partial charge in [0, 0.05) is 83.3 Å². The Morgan fingerprint density at radius 1 is 0.706 bits per heavy atom. The Morgan fingerprint density at radius 3 is 1.68 bits per heavy atom. The van der Waals surface area contributed by atoms with Crippen molar-refractivity contribution in [1.82, 2.24) is 11.1 Å². The molecule has 1 aromatic carbocycles. The molecule has 34 heavy (non-hydrogen) atoms. The van der Waals surface area contributed by atoms with Crippen LogP contribution in [0.4, 0.5) is 0 Å². The van der Waals surface area contributed by atoms with Crippen LogP contribution in [0.2, 0.25) is 0 Å². The number of pyridine rings is 1. The Bertz CT molecular complexity index is 1450. The Balaban J connectivity index is 0.000000332. The lowest BCUT2D eigenvalue weighted by molar-refractivity contribution is 0.101. The molecule has 1 aliphatic rings. The van der Waals surface area contributed by atoms with Gasteiger partial charge in [-0.15, -0.1) is 0 Å². The van der Waals surface area contributed by atoms with Gasteiger partial charge in [-0.1, -0.05) is 18.2 Å². The fraction of sp³-hybridized carbons (Fsp3) is 0. The molecule has 0 radical (unpaired) electrons. The van der Waals surface area contributed by atoms with E-state index in [-0.39, 0.29) is 11.9 Å². The minimum atomic E-state index is -0.0914. The van der Waals surface area contributed by atoms with Crippen LogP contribution in [0.25, 0.3) is 6.08 Å². The first-order valence-corrected chi connectivity index (χ1v) is 8.98. The van der Waals surface area contributed by atoms with Gasteiger partial charge in [0.2, 0.25) is 5.78 Å². The van der Waals surface area contributed by atoms with Gasteiger partial charge in [0.25, 0.3) is 0 Å². The van der Waals surface area contributed by atoms with Crippen molar-refractivity contribution in [2.24, 2.45) is 0 Å². The van der Waals surface area contributed by atoms with E-state index in [2.05, 4.69) is 76.0 Å². The molecule has 1 aromatic heterocycles. The Morgan fingerprint density at radius 2 is 1.21 bits per heavy atom. The van der Waals surface area contributed by atoms with Crippen molar-refractivity contribution in [1.29, 1.82) is 0 Å². The highest BCUT2D eigenvalue weighted by molar-refractivity contribution is 6.14. The van der Waals surface area contributed by atoms with Gasteiger partial charge in [-0.2, -0.15) is 0 Å². The van der Waals surface area contributed by atoms with Crippen LogP contribution in [0.5, 0.6) is 5.75 Å². The standard InChI is InChI=1S/C14H9NO2.C14H2O2.H3N/c16-14-11-6-1-2-7-12(11)17-13(14)9-10-5-3-4-8-15-10;15-13-11-9-7-5-3-1-2-4-6-8-10-12-14-16;/h1-9H;15-16H;1H3/b13-9-;;. The second-order valence-corrected chi connectivity index (χ2v) is 5.41. The summed E-state index contributed by atoms with van der Waals surface area (Å²) < 4.78 is 5.49. The van der Waals surface area contributed by atoms with E-state index in [1.165, 1.54) is 0 Å². The maximum atomic E-state index is 12.0. The number of Topliss-reactive ketones (excluding diaryl/α,β-unsaturated/α-hetero) is 1. The number of aromatic nitrogens is 1. The van der Waals surface area contributed by atoms with E-state index in [0.29, 0.717) is 22.8 Å². The Labute approximate surface area is 197 Å². The maximum Gasteiger partial charge on any atom is 0.232 e. The summed E-state index contributed by atoms with van der Waals surface area (Å²) in [6, 6.07) is 12.7. The van der Waals surface area contributed by atoms with Crippen molar-refractivity contribution in [3.8, 4) is 89.0 Å². The summed E-state index contributed by atoms with van der Waals surface area (Å²) in [5.41, 5.74) is 1.32. The van der Waals surface area contributed by atoms with E-state index in [4.69, 9.17) is 14.9 Å². The number of carbonyl (C=O) groups is 1. The van der Waals surface area contributed by atoms with Crippen LogP contribution >= 0.6 is 0 Å². The molecule has 0 bridgehead atoms. The second kappa shape index (κ2) is 15.8. The van der Waals surface area contributed by atoms with Crippen molar-refractivity contribution in [3.63, 3.8) is 0 Å². The molecule has 0 saturated carbocycles. The highest BCUT2D eigenvalue weighted by Crippen LogP contribution is 2.30. The second-order valence-electron chi connectivity index (χ2n) is 5.41. The normalized spacial score (nSPS) is 9.65. The molecule has 0 aliphatic carbocycles. The number of nitrogens with zero attached hydrogens (tertiary/aromatic N) is 1. The molecule has 3 rings (SSSR count). The van der Waals surface area contributed by atoms with Crippen molar-refractivity contribution in [2.75, 3.05) is 0 Å². The number of fused-ring (bicyclic) bond motifs is 1. The molecule has 0 fully saturated rings. The molecule has 6 heteroatoms. The topological polar surface area (TPSA) is 115 Å². The maximum absolute atomic E-state index is 12.0. The molecule has 2 heterocycles. The van der Waals surface area contributed by atoms with Crippen LogP contribution in [0, 0.1) is 83.3 Å². The zero-order chi connectivity index (χ0) is 23.6. The number of carbonyl (C=O) groups excluding carboxylic acids is 1. The van der Waals surface area contributed by atoms with E-state index in [0.717, 1.165) is 0 Å². The largest absolute Gasteiger partial charge is 0.461 e. The predicted octanol–water partition coefficient (Wildman–Crippen LogP) is 2.53. The number of benzene rings is 1. The van der Waals surface area contributed by atoms with Crippen molar-refractivity contribution in [3.05, 3.63) is 65.7 Å². The summed E-state index contributed by atoms with van der Waals surface area (Å²) in [7, 11) is 0. The van der Waals surface area contributed by atoms with Crippen LogP contribution in [0.1, 0.15) is 16.1 Å². The van der Waals surface area contributed by atoms with E-state index in [1.54, 1.807) is 36.6 Å². The number of ether oxygens (including phenoxy) is 1. The van der Waals surface area contributed by atoms with Crippen LogP contribution in [-0.4, -0.2) is 21.0 Å². The molecule has 5 N–H and O–H groups in total. The number of aliphatic hydroxyl groups excluding tert-OH is 2. The van der Waals surface area contributed by atoms with Crippen molar-refractivity contribution in [2.45, 2.75) is 0 Å². The summed E-state index contributed by atoms with van der Waals surface area (Å²) in [5, 5.41) is 16.1. The van der Waals surface area contributed by atoms with E-state index >= 15 is 0 Å². The van der Waals surface area contributed by atoms with Gasteiger partial charge < -0.3 is 21.1 Å². The fourth-order valence-electron chi connectivity index (χ4n) is 2.10. The molecular formula is C28H14N2O4. The van der Waals surface area contributed by atoms with Gasteiger partial charge in [-0.25, -0.2) is 0 Å². The lowest BCUT2D eigenvalue weighted by Gasteiger charge is -1.97. The van der Waals surface area contributed by atoms with E-state index in [9.17, 15) is 4.79 Å². The first kappa shape index (κ1) is 26.1. The van der Waals surface area contributed by atoms with Crippen LogP contribution in [0.3, 0.4) is 0 Å². The third-order valence-electron chi connectivity index (χ3n) is 3.34. The van der Waals surface area contributed by atoms with Gasteiger partial charge in [0.1, 0.15) is 18.0 Å². The van der Waals surface area contributed by atoms with Crippen LogP contribution in [-0.2, 0) is 0 Å². The Hall–Kier alpha value is -5.94. The average Bonchev–Trinajstić information content (AvgIpc) is 3.16. The molecule has 160 valence electrons. The number of para-hydroxylation sites is 1. The zero-order valence-corrected chi connectivity index (χ0v) is 17.6. The lowest BCUT2D eigenvalue weighted by Crippen LogP contribution is -1.98. The molecule has 6 nitrogen and oxygen atoms in total. The molecule has 0 saturated heterocycles. The number of hydrogen-bond donors (Lipinski definition) is 3. The monoisotopic (exact) mass is 442 g/mol. The van der Waals surface area contributed by atoms with Crippen LogP contribution in [0.15, 0.2) is 54.4 Å². The predicted molar refractivity (Wildman–Crippen MR) is 127 cm³/mol. The highest BCUT2D eigenvalue weighted by atomic mass is 16.5.